The molecular weight excluding hydrogens is 210 g/mol. The fraction of sp³-hybridized carbons (Fsp3) is 0.714. The van der Waals surface area contributed by atoms with Crippen molar-refractivity contribution in [3.8, 4) is 0 Å². The molecule has 0 radical (unpaired) electrons. The second kappa shape index (κ2) is 5.58. The van der Waals surface area contributed by atoms with E-state index in [4.69, 9.17) is 0 Å². The van der Waals surface area contributed by atoms with E-state index >= 15 is 0 Å². The minimum Gasteiger partial charge on any atom is -0.310 e. The van der Waals surface area contributed by atoms with E-state index in [9.17, 15) is 0 Å². The van der Waals surface area contributed by atoms with E-state index in [1.807, 2.05) is 6.92 Å². The Bertz CT molecular complexity index is 372. The van der Waals surface area contributed by atoms with E-state index in [1.165, 1.54) is 24.8 Å². The van der Waals surface area contributed by atoms with Crippen LogP contribution >= 0.6 is 0 Å². The monoisotopic (exact) mass is 233 g/mol. The molecule has 0 aromatic carbocycles. The largest absolute Gasteiger partial charge is 0.310 e. The Labute approximate surface area is 104 Å². The standard InChI is InChI=1S/C14H23N3/c1-4-13-12(9-10(3)16-17-13)14(15-5-2)11-7-6-8-11/h9,11,14-15H,4-8H2,1-3H3. The van der Waals surface area contributed by atoms with Crippen LogP contribution in [0.3, 0.4) is 0 Å². The van der Waals surface area contributed by atoms with Crippen LogP contribution in [0.2, 0.25) is 0 Å². The van der Waals surface area contributed by atoms with Crippen LogP contribution in [-0.2, 0) is 6.42 Å². The van der Waals surface area contributed by atoms with E-state index in [-0.39, 0.29) is 0 Å². The number of aromatic nitrogens is 2. The van der Waals surface area contributed by atoms with Gasteiger partial charge in [0.05, 0.1) is 11.4 Å². The first-order valence-corrected chi connectivity index (χ1v) is 6.82. The molecule has 1 aromatic rings. The normalized spacial score (nSPS) is 17.8. The van der Waals surface area contributed by atoms with Crippen molar-refractivity contribution in [1.29, 1.82) is 0 Å². The molecule has 3 nitrogen and oxygen atoms in total. The minimum atomic E-state index is 0.484. The van der Waals surface area contributed by atoms with Crippen molar-refractivity contribution in [3.63, 3.8) is 0 Å². The van der Waals surface area contributed by atoms with E-state index in [1.54, 1.807) is 0 Å². The van der Waals surface area contributed by atoms with Gasteiger partial charge in [-0.3, -0.25) is 0 Å². The molecule has 0 bridgehead atoms. The van der Waals surface area contributed by atoms with Crippen molar-refractivity contribution in [3.05, 3.63) is 23.0 Å². The molecule has 1 heterocycles. The summed E-state index contributed by atoms with van der Waals surface area (Å²) in [7, 11) is 0. The van der Waals surface area contributed by atoms with Gasteiger partial charge in [0.1, 0.15) is 0 Å². The zero-order valence-corrected chi connectivity index (χ0v) is 11.2. The Morgan fingerprint density at radius 2 is 2.12 bits per heavy atom. The summed E-state index contributed by atoms with van der Waals surface area (Å²) < 4.78 is 0. The molecule has 1 N–H and O–H groups in total. The third kappa shape index (κ3) is 2.65. The number of hydrogen-bond donors (Lipinski definition) is 1. The molecule has 1 aliphatic carbocycles. The third-order valence-corrected chi connectivity index (χ3v) is 3.74. The predicted octanol–water partition coefficient (Wildman–Crippen LogP) is 2.80. The van der Waals surface area contributed by atoms with Crippen LogP contribution < -0.4 is 5.32 Å². The lowest BCUT2D eigenvalue weighted by atomic mass is 9.76. The van der Waals surface area contributed by atoms with Gasteiger partial charge in [-0.05, 0) is 50.3 Å². The molecule has 0 saturated heterocycles. The Balaban J connectivity index is 2.29. The summed E-state index contributed by atoms with van der Waals surface area (Å²) in [6.07, 6.45) is 5.05. The SMILES string of the molecule is CCNC(c1cc(C)nnc1CC)C1CCC1. The summed E-state index contributed by atoms with van der Waals surface area (Å²) in [5.74, 6) is 0.795. The van der Waals surface area contributed by atoms with E-state index < -0.39 is 0 Å². The summed E-state index contributed by atoms with van der Waals surface area (Å²) in [5.41, 5.74) is 3.57. The van der Waals surface area contributed by atoms with E-state index in [0.29, 0.717) is 6.04 Å². The highest BCUT2D eigenvalue weighted by Crippen LogP contribution is 2.38. The quantitative estimate of drug-likeness (QED) is 0.849. The Morgan fingerprint density at radius 3 is 2.65 bits per heavy atom. The average molecular weight is 233 g/mol. The topological polar surface area (TPSA) is 37.8 Å². The molecule has 0 aliphatic heterocycles. The Hall–Kier alpha value is -0.960. The number of nitrogens with one attached hydrogen (secondary N) is 1. The highest BCUT2D eigenvalue weighted by molar-refractivity contribution is 5.26. The van der Waals surface area contributed by atoms with Gasteiger partial charge >= 0.3 is 0 Å². The maximum atomic E-state index is 4.35. The van der Waals surface area contributed by atoms with Crippen molar-refractivity contribution in [2.24, 2.45) is 5.92 Å². The van der Waals surface area contributed by atoms with Crippen LogP contribution in [0.5, 0.6) is 0 Å². The lowest BCUT2D eigenvalue weighted by Gasteiger charge is -2.35. The van der Waals surface area contributed by atoms with Crippen LogP contribution in [0.25, 0.3) is 0 Å². The zero-order chi connectivity index (χ0) is 12.3. The van der Waals surface area contributed by atoms with Crippen molar-refractivity contribution in [2.75, 3.05) is 6.54 Å². The molecule has 1 atom stereocenters. The fourth-order valence-corrected chi connectivity index (χ4v) is 2.60. The van der Waals surface area contributed by atoms with Crippen molar-refractivity contribution < 1.29 is 0 Å². The number of hydrogen-bond acceptors (Lipinski definition) is 3. The highest BCUT2D eigenvalue weighted by atomic mass is 15.1. The molecule has 0 amide bonds. The lowest BCUT2D eigenvalue weighted by molar-refractivity contribution is 0.231. The van der Waals surface area contributed by atoms with Gasteiger partial charge < -0.3 is 5.32 Å². The van der Waals surface area contributed by atoms with Gasteiger partial charge in [-0.25, -0.2) is 0 Å². The summed E-state index contributed by atoms with van der Waals surface area (Å²) in [6.45, 7) is 7.39. The molecule has 1 aromatic heterocycles. The first-order chi connectivity index (χ1) is 8.26. The number of rotatable bonds is 5. The van der Waals surface area contributed by atoms with E-state index in [2.05, 4.69) is 35.4 Å². The minimum absolute atomic E-state index is 0.484. The summed E-state index contributed by atoms with van der Waals surface area (Å²) >= 11 is 0. The Kier molecular flexibility index (Phi) is 4.11. The third-order valence-electron chi connectivity index (χ3n) is 3.74. The molecule has 2 rings (SSSR count). The summed E-state index contributed by atoms with van der Waals surface area (Å²) in [5, 5.41) is 12.2. The highest BCUT2D eigenvalue weighted by Gasteiger charge is 2.29. The van der Waals surface area contributed by atoms with Crippen LogP contribution in [-0.4, -0.2) is 16.7 Å². The van der Waals surface area contributed by atoms with Crippen LogP contribution in [0.1, 0.15) is 56.1 Å². The van der Waals surface area contributed by atoms with Crippen LogP contribution in [0.4, 0.5) is 0 Å². The first-order valence-electron chi connectivity index (χ1n) is 6.82. The maximum Gasteiger partial charge on any atom is 0.0676 e. The van der Waals surface area contributed by atoms with Gasteiger partial charge in [0.2, 0.25) is 0 Å². The smallest absolute Gasteiger partial charge is 0.0676 e. The number of aryl methyl sites for hydroxylation is 2. The predicted molar refractivity (Wildman–Crippen MR) is 69.9 cm³/mol. The molecular formula is C14H23N3. The Morgan fingerprint density at radius 1 is 1.35 bits per heavy atom. The molecule has 17 heavy (non-hydrogen) atoms. The van der Waals surface area contributed by atoms with Crippen LogP contribution in [0, 0.1) is 12.8 Å². The first kappa shape index (κ1) is 12.5. The molecule has 3 heteroatoms. The molecule has 1 unspecified atom stereocenters. The van der Waals surface area contributed by atoms with Crippen molar-refractivity contribution in [2.45, 2.75) is 52.5 Å². The molecule has 94 valence electrons. The van der Waals surface area contributed by atoms with Gasteiger partial charge in [-0.1, -0.05) is 20.3 Å². The number of nitrogens with zero attached hydrogens (tertiary/aromatic N) is 2. The molecule has 1 fully saturated rings. The van der Waals surface area contributed by atoms with Crippen molar-refractivity contribution in [1.82, 2.24) is 15.5 Å². The van der Waals surface area contributed by atoms with E-state index in [0.717, 1.165) is 30.3 Å². The second-order valence-electron chi connectivity index (χ2n) is 4.97. The van der Waals surface area contributed by atoms with Gasteiger partial charge in [-0.2, -0.15) is 10.2 Å². The molecule has 0 spiro atoms. The van der Waals surface area contributed by atoms with Gasteiger partial charge in [0.15, 0.2) is 0 Å². The second-order valence-corrected chi connectivity index (χ2v) is 4.97. The average Bonchev–Trinajstić information content (AvgIpc) is 2.26. The summed E-state index contributed by atoms with van der Waals surface area (Å²) in [6, 6.07) is 2.70. The fourth-order valence-electron chi connectivity index (χ4n) is 2.60. The lowest BCUT2D eigenvalue weighted by Crippen LogP contribution is -2.33. The van der Waals surface area contributed by atoms with Gasteiger partial charge in [0, 0.05) is 6.04 Å². The van der Waals surface area contributed by atoms with Gasteiger partial charge in [-0.15, -0.1) is 0 Å². The summed E-state index contributed by atoms with van der Waals surface area (Å²) in [4.78, 5) is 0. The molecule has 1 aliphatic rings. The van der Waals surface area contributed by atoms with Gasteiger partial charge in [0.25, 0.3) is 0 Å². The molecule has 1 saturated carbocycles. The van der Waals surface area contributed by atoms with Crippen molar-refractivity contribution >= 4 is 0 Å². The zero-order valence-electron chi connectivity index (χ0n) is 11.2. The maximum absolute atomic E-state index is 4.35. The van der Waals surface area contributed by atoms with Crippen LogP contribution in [0.15, 0.2) is 6.07 Å².